The molecule has 15 N–H and O–H groups in total. The Kier molecular flexibility index (Phi) is 20.9. The van der Waals surface area contributed by atoms with Gasteiger partial charge in [-0.3, -0.25) is 9.59 Å². The first-order chi connectivity index (χ1) is 33.9. The van der Waals surface area contributed by atoms with E-state index in [2.05, 4.69) is 10.6 Å². The molecule has 29 heteroatoms. The smallest absolute Gasteiger partial charge is 0.217 e. The van der Waals surface area contributed by atoms with Crippen molar-refractivity contribution in [2.45, 2.75) is 239 Å². The summed E-state index contributed by atoms with van der Waals surface area (Å²) in [6.45, 7) is 7.98. The zero-order valence-corrected chi connectivity index (χ0v) is 40.7. The van der Waals surface area contributed by atoms with Gasteiger partial charge in [0.1, 0.15) is 122 Å². The molecule has 0 unspecified atom stereocenters. The van der Waals surface area contributed by atoms with Crippen molar-refractivity contribution >= 4 is 11.8 Å². The Labute approximate surface area is 413 Å². The molecule has 418 valence electrons. The second-order valence-electron chi connectivity index (χ2n) is 19.0. The molecule has 0 saturated carbocycles. The van der Waals surface area contributed by atoms with Crippen LogP contribution in [-0.4, -0.2) is 282 Å². The number of carbonyl (C=O) groups is 2. The summed E-state index contributed by atoms with van der Waals surface area (Å²) in [4.78, 5) is 24.6. The van der Waals surface area contributed by atoms with Crippen molar-refractivity contribution in [2.24, 2.45) is 0 Å². The van der Waals surface area contributed by atoms with Crippen molar-refractivity contribution in [3.05, 3.63) is 0 Å². The van der Waals surface area contributed by atoms with Gasteiger partial charge >= 0.3 is 0 Å². The van der Waals surface area contributed by atoms with E-state index in [1.165, 1.54) is 27.7 Å². The molecule has 0 spiro atoms. The Hall–Kier alpha value is -2.06. The van der Waals surface area contributed by atoms with Gasteiger partial charge in [0, 0.05) is 20.5 Å². The molecule has 0 aliphatic carbocycles. The van der Waals surface area contributed by atoms with E-state index in [0.29, 0.717) is 6.42 Å². The Balaban J connectivity index is 1.34. The van der Waals surface area contributed by atoms with Gasteiger partial charge in [-0.25, -0.2) is 0 Å². The molecule has 0 bridgehead atoms. The van der Waals surface area contributed by atoms with Crippen LogP contribution in [0.25, 0.3) is 0 Å². The van der Waals surface area contributed by atoms with Crippen LogP contribution < -0.4 is 10.6 Å². The van der Waals surface area contributed by atoms with E-state index >= 15 is 0 Å². The van der Waals surface area contributed by atoms with Crippen molar-refractivity contribution < 1.29 is 133 Å². The van der Waals surface area contributed by atoms with Crippen LogP contribution in [0.15, 0.2) is 0 Å². The number of aliphatic hydroxyl groups excluding tert-OH is 13. The number of amides is 2. The van der Waals surface area contributed by atoms with Crippen LogP contribution >= 0.6 is 0 Å². The highest BCUT2D eigenvalue weighted by molar-refractivity contribution is 5.73. The summed E-state index contributed by atoms with van der Waals surface area (Å²) in [5.41, 5.74) is 0. The molecule has 6 aliphatic rings. The molecular formula is C43H74N2O27. The molecule has 72 heavy (non-hydrogen) atoms. The molecule has 6 heterocycles. The number of rotatable bonds is 17. The Bertz CT molecular complexity index is 1730. The fourth-order valence-electron chi connectivity index (χ4n) is 9.39. The quantitative estimate of drug-likeness (QED) is 0.0643. The fraction of sp³-hybridized carbons (Fsp3) is 0.953. The molecule has 0 aromatic carbocycles. The highest BCUT2D eigenvalue weighted by Gasteiger charge is 2.58. The summed E-state index contributed by atoms with van der Waals surface area (Å²) in [5, 5.41) is 148. The third-order valence-electron chi connectivity index (χ3n) is 13.6. The van der Waals surface area contributed by atoms with Crippen molar-refractivity contribution in [1.82, 2.24) is 10.6 Å². The zero-order valence-electron chi connectivity index (χ0n) is 40.7. The number of nitrogens with one attached hydrogen (secondary N) is 2. The average Bonchev–Trinajstić information content (AvgIpc) is 3.33. The molecule has 0 radical (unpaired) electrons. The summed E-state index contributed by atoms with van der Waals surface area (Å²) in [7, 11) is 0. The maximum atomic E-state index is 12.3. The average molecular weight is 1050 g/mol. The van der Waals surface area contributed by atoms with Crippen LogP contribution in [0.3, 0.4) is 0 Å². The van der Waals surface area contributed by atoms with E-state index in [0.717, 1.165) is 13.8 Å². The van der Waals surface area contributed by atoms with Gasteiger partial charge in [0.05, 0.1) is 37.6 Å². The monoisotopic (exact) mass is 1050 g/mol. The number of ether oxygens (including phenoxy) is 12. The van der Waals surface area contributed by atoms with E-state index < -0.39 is 209 Å². The molecule has 0 aromatic rings. The first kappa shape index (κ1) is 59.2. The number of carbonyl (C=O) groups excluding carboxylic acids is 2. The molecule has 2 amide bonds. The molecular weight excluding hydrogens is 976 g/mol. The first-order valence-corrected chi connectivity index (χ1v) is 24.0. The SMILES string of the molecule is CCCO[C@@H]1O[C@@H](C)[C@H](O)[C@@H](O[C@@H]2O[C@H](CO)[C@@H](O)[C@H](O)[C@H]2NC(C)=O)[C@H]1O[C@@H]1O[C@@H](C)[C@H](O)[C@@H](O[C@@H]2O[C@@H](C)[C@H](O)[C@@H](O[C@@H]3O[C@H](CO)[C@@H](O)[C@H](O)[C@H]3NC(C)=O)[C@H]2O[C@@H]2O[C@@H](C)[C@H](O)[C@@H](O)[C@H]2O)[C@H]1O. The lowest BCUT2D eigenvalue weighted by Crippen LogP contribution is -2.69. The maximum absolute atomic E-state index is 12.3. The highest BCUT2D eigenvalue weighted by Crippen LogP contribution is 2.38. The number of aliphatic hydroxyl groups is 13. The lowest BCUT2D eigenvalue weighted by Gasteiger charge is -2.51. The second-order valence-corrected chi connectivity index (χ2v) is 19.0. The van der Waals surface area contributed by atoms with Gasteiger partial charge in [0.25, 0.3) is 0 Å². The second kappa shape index (κ2) is 25.4. The molecule has 6 fully saturated rings. The summed E-state index contributed by atoms with van der Waals surface area (Å²) >= 11 is 0. The van der Waals surface area contributed by atoms with Crippen LogP contribution in [0, 0.1) is 0 Å². The Morgan fingerprint density at radius 1 is 0.403 bits per heavy atom. The summed E-state index contributed by atoms with van der Waals surface area (Å²) in [5.74, 6) is -1.39. The predicted molar refractivity (Wildman–Crippen MR) is 231 cm³/mol. The third-order valence-corrected chi connectivity index (χ3v) is 13.6. The van der Waals surface area contributed by atoms with E-state index in [4.69, 9.17) is 56.8 Å². The van der Waals surface area contributed by atoms with Crippen molar-refractivity contribution in [3.8, 4) is 0 Å². The van der Waals surface area contributed by atoms with Gasteiger partial charge in [-0.15, -0.1) is 0 Å². The third kappa shape index (κ3) is 12.8. The largest absolute Gasteiger partial charge is 0.394 e. The Morgan fingerprint density at radius 3 is 1.19 bits per heavy atom. The molecule has 0 aromatic heterocycles. The predicted octanol–water partition coefficient (Wildman–Crippen LogP) is -8.27. The molecule has 6 aliphatic heterocycles. The topological polar surface area (TPSA) is 432 Å². The van der Waals surface area contributed by atoms with E-state index in [1.54, 1.807) is 6.92 Å². The van der Waals surface area contributed by atoms with Gasteiger partial charge < -0.3 is 134 Å². The highest BCUT2D eigenvalue weighted by atomic mass is 16.8. The van der Waals surface area contributed by atoms with E-state index in [-0.39, 0.29) is 6.61 Å². The van der Waals surface area contributed by atoms with E-state index in [1.807, 2.05) is 0 Å². The van der Waals surface area contributed by atoms with Gasteiger partial charge in [0.2, 0.25) is 11.8 Å². The van der Waals surface area contributed by atoms with Crippen LogP contribution in [0.5, 0.6) is 0 Å². The fourth-order valence-corrected chi connectivity index (χ4v) is 9.39. The normalized spacial score (nSPS) is 50.3. The van der Waals surface area contributed by atoms with Gasteiger partial charge in [-0.05, 0) is 34.1 Å². The number of hydrogen-bond donors (Lipinski definition) is 15. The zero-order chi connectivity index (χ0) is 53.2. The summed E-state index contributed by atoms with van der Waals surface area (Å²) in [6, 6.07) is -3.04. The van der Waals surface area contributed by atoms with Crippen LogP contribution in [0.4, 0.5) is 0 Å². The lowest BCUT2D eigenvalue weighted by atomic mass is 9.94. The first-order valence-electron chi connectivity index (χ1n) is 24.0. The minimum Gasteiger partial charge on any atom is -0.394 e. The van der Waals surface area contributed by atoms with Crippen LogP contribution in [-0.2, 0) is 66.4 Å². The maximum Gasteiger partial charge on any atom is 0.217 e. The van der Waals surface area contributed by atoms with Gasteiger partial charge in [-0.2, -0.15) is 0 Å². The van der Waals surface area contributed by atoms with Gasteiger partial charge in [0.15, 0.2) is 37.7 Å². The standard InChI is InChI=1S/C43H74N2O27/c1-8-9-61-42-36(34(24(52)14(4)64-42)69-38-20(44-16(6)48)28(56)26(54)18(10-46)66-38)71-41-32(60)33(23(51)13(3)63-41)68-43-37(72-40-31(59)30(58)22(50)12(2)62-40)35(25(53)15(5)65-43)70-39-21(45-17(7)49)29(57)27(55)19(11-47)67-39/h12-15,18-43,46-47,50-60H,8-11H2,1-7H3,(H,44,48)(H,45,49)/t12-,13-,14-,15-,18+,19+,20+,21+,22-,23-,24-,25-,26+,27+,28+,29+,30+,31+,32+,33+,34+,35+,36+,37+,38-,39-,40-,41-,42+,43-/m0/s1. The van der Waals surface area contributed by atoms with Gasteiger partial charge in [-0.1, -0.05) is 6.92 Å². The minimum atomic E-state index is -2.05. The number of hydrogen-bond acceptors (Lipinski definition) is 27. The van der Waals surface area contributed by atoms with Crippen molar-refractivity contribution in [2.75, 3.05) is 19.8 Å². The molecule has 6 saturated heterocycles. The van der Waals surface area contributed by atoms with Crippen molar-refractivity contribution in [1.29, 1.82) is 0 Å². The van der Waals surface area contributed by atoms with Crippen LogP contribution in [0.2, 0.25) is 0 Å². The molecule has 6 rings (SSSR count). The molecule has 29 nitrogen and oxygen atoms in total. The van der Waals surface area contributed by atoms with Crippen molar-refractivity contribution in [3.63, 3.8) is 0 Å². The molecule has 30 atom stereocenters. The summed E-state index contributed by atoms with van der Waals surface area (Å²) < 4.78 is 72.6. The van der Waals surface area contributed by atoms with E-state index in [9.17, 15) is 76.0 Å². The Morgan fingerprint density at radius 2 is 0.764 bits per heavy atom. The lowest BCUT2D eigenvalue weighted by molar-refractivity contribution is -0.407. The minimum absolute atomic E-state index is 0.0560. The van der Waals surface area contributed by atoms with Crippen LogP contribution in [0.1, 0.15) is 54.9 Å². The summed E-state index contributed by atoms with van der Waals surface area (Å²) in [6.07, 6.45) is -46.1.